The molecule has 30 nitrogen and oxygen atoms in total. The van der Waals surface area contributed by atoms with E-state index in [0.717, 1.165) is 83.7 Å². The number of nitrogens with zero attached hydrogens (tertiary/aromatic N) is 10. The fourth-order valence-electron chi connectivity index (χ4n) is 15.4. The zero-order chi connectivity index (χ0) is 97.0. The van der Waals surface area contributed by atoms with E-state index >= 15 is 0 Å². The summed E-state index contributed by atoms with van der Waals surface area (Å²) in [5.74, 6) is -1.90. The molecule has 0 saturated carbocycles. The molecule has 12 aromatic rings. The van der Waals surface area contributed by atoms with E-state index in [9.17, 15) is 51.5 Å². The average molecular weight is 1900 g/mol. The Hall–Kier alpha value is -12.1. The van der Waals surface area contributed by atoms with E-state index in [1.807, 2.05) is 111 Å². The van der Waals surface area contributed by atoms with Crippen LogP contribution in [-0.2, 0) is 50.1 Å². The van der Waals surface area contributed by atoms with Gasteiger partial charge in [-0.05, 0) is 274 Å². The van der Waals surface area contributed by atoms with Gasteiger partial charge in [0, 0.05) is 133 Å². The summed E-state index contributed by atoms with van der Waals surface area (Å²) in [7, 11) is 11.5. The van der Waals surface area contributed by atoms with Gasteiger partial charge >= 0.3 is 0 Å². The summed E-state index contributed by atoms with van der Waals surface area (Å²) in [4.78, 5) is 155. The van der Waals surface area contributed by atoms with Gasteiger partial charge in [-0.15, -0.1) is 0 Å². The molecule has 0 saturated heterocycles. The van der Waals surface area contributed by atoms with Crippen LogP contribution in [0.4, 0.5) is 24.5 Å². The number of carboxylic acids is 1. The molecule has 0 bridgehead atoms. The molecular weight excluding hydrogens is 1780 g/mol. The van der Waals surface area contributed by atoms with Crippen LogP contribution in [0.3, 0.4) is 0 Å². The minimum absolute atomic E-state index is 0. The van der Waals surface area contributed by atoms with E-state index in [2.05, 4.69) is 107 Å². The molecule has 0 aliphatic carbocycles. The topological polar surface area (TPSA) is 400 Å². The molecule has 133 heavy (non-hydrogen) atoms. The van der Waals surface area contributed by atoms with E-state index in [4.69, 9.17) is 32.3 Å². The number of nitrogens with one attached hydrogen (secondary N) is 8. The third-order valence-corrected chi connectivity index (χ3v) is 22.5. The number of imidazole rings is 3. The number of aliphatic hydroxyl groups is 1. The standard InChI is InChI=1S/C28H29FN6O3.C28H31FN6O2.C18H16ClN5O3.C10H14FN.C8H19N.C4H10O.C2H4O2.Zn/c1-15-5-6-18(29)12-17(15)11-16(2)31-21-7-8-30-26(36)24(21)25-32-22-13-19-20(14-23(22)33-25)28(38)35(27(19)37)10-9-34(3)4;1-16-5-6-20(29)12-18(16)11-17(2)31-22-7-8-30-27(36)25(22)26-32-23-13-19-15-35(10-9-34(3)4)28(37)21(19)14-24(23)33-26;1-23(2)5-6-24-17(26)9-7-12-13(8-10(9)18(24)27)22-15(21-12)14-11(19)3-4-20-16(14)25;1-7-3-4-10(11)6-9(7)5-8(2)12;1-6-9(7(2)3)8(4)5;1-2-3-4-5;1-2(3)4;/h5-8,12-14,16H,9-11H2,1-4H3,(H,32,33)(H2,30,31,36);5-8,12-14,17H,9-11,15H2,1-4H3,(H,32,33)(H2,30,31,36);3-4,7-8H,5-6H2,1-2H3,(H,20,25)(H,21,22);3-4,6,8H,5,12H2,1-2H3;7-8H,6H2,1-5H3;5H,2-4H2,1H3;1H3,(H,3,4);/t16-;17-;;8-;;;;/m00.0..../s1. The van der Waals surface area contributed by atoms with E-state index < -0.39 is 5.97 Å². The van der Waals surface area contributed by atoms with Crippen molar-refractivity contribution in [1.29, 1.82) is 0 Å². The quantitative estimate of drug-likeness (QED) is 0.0168. The zero-order valence-corrected chi connectivity index (χ0v) is 83.0. The molecule has 9 heterocycles. The average Bonchev–Trinajstić information content (AvgIpc) is 1.65. The summed E-state index contributed by atoms with van der Waals surface area (Å²) in [6.45, 7) is 31.3. The van der Waals surface area contributed by atoms with E-state index in [1.54, 1.807) is 85.2 Å². The Morgan fingerprint density at radius 2 is 0.842 bits per heavy atom. The molecule has 12 N–H and O–H groups in total. The molecule has 0 spiro atoms. The number of hydrogen-bond acceptors (Lipinski definition) is 20. The number of anilines is 2. The number of amides is 5. The van der Waals surface area contributed by atoms with Crippen LogP contribution in [0.1, 0.15) is 173 Å². The number of H-pyrrole nitrogens is 6. The number of rotatable bonds is 27. The van der Waals surface area contributed by atoms with Crippen molar-refractivity contribution in [2.24, 2.45) is 5.73 Å². The number of nitrogens with two attached hydrogens (primary N) is 1. The summed E-state index contributed by atoms with van der Waals surface area (Å²) in [5, 5.41) is 22.5. The maximum Gasteiger partial charge on any atom is 0.300 e. The second kappa shape index (κ2) is 48.5. The smallest absolute Gasteiger partial charge is 0.300 e. The first-order chi connectivity index (χ1) is 62.5. The fraction of sp³-hybridized carbons (Fsp3) is 0.388. The predicted octanol–water partition coefficient (Wildman–Crippen LogP) is 14.2. The minimum atomic E-state index is -0.833. The second-order valence-corrected chi connectivity index (χ2v) is 34.9. The number of carboxylic acid groups (broad SMARTS) is 1. The van der Waals surface area contributed by atoms with Crippen molar-refractivity contribution in [3.05, 3.63) is 248 Å². The fourth-order valence-corrected chi connectivity index (χ4v) is 15.6. The summed E-state index contributed by atoms with van der Waals surface area (Å²) in [5.41, 5.74) is 18.9. The largest absolute Gasteiger partial charge is 0.481 e. The normalized spacial score (nSPS) is 13.2. The number of fused-ring (bicyclic) bond motifs is 6. The SMILES string of the molecule is CC(=O)O.CCCCO.CCN(C(C)C)C(C)C.CN(C)CCN1C(=O)c2cc3nc(-c4c(Cl)cc[nH]c4=O)[nH]c3cc2C1=O.Cc1ccc(F)cc1C[C@H](C)N.Cc1ccc(F)cc1C[C@H](C)Nc1cc[nH]c(=O)c1-c1nc2cc3c(cc2[nH]1)C(=O)N(CCN(C)C)C3=O.Cc1ccc(F)cc1C[C@H](C)Nc1cc[nH]c(=O)c1-c1nc2cc3c(cc2[nH]1)CN(CCN(C)C)C3=O.[Zn]. The third kappa shape index (κ3) is 28.0. The van der Waals surface area contributed by atoms with Gasteiger partial charge in [0.15, 0.2) is 0 Å². The number of unbranched alkanes of at least 4 members (excludes halogenated alkanes) is 1. The van der Waals surface area contributed by atoms with Crippen LogP contribution in [0.2, 0.25) is 5.02 Å². The number of halogens is 4. The summed E-state index contributed by atoms with van der Waals surface area (Å²) < 4.78 is 40.3. The van der Waals surface area contributed by atoms with Gasteiger partial charge in [0.05, 0.1) is 71.8 Å². The Balaban J connectivity index is 0.000000213. The predicted molar refractivity (Wildman–Crippen MR) is 515 cm³/mol. The molecule has 6 aromatic carbocycles. The first-order valence-corrected chi connectivity index (χ1v) is 44.4. The molecule has 3 aliphatic rings. The van der Waals surface area contributed by atoms with Gasteiger partial charge in [-0.3, -0.25) is 57.9 Å². The Bertz CT molecular complexity index is 6180. The van der Waals surface area contributed by atoms with Crippen molar-refractivity contribution in [2.45, 2.75) is 159 Å². The van der Waals surface area contributed by atoms with Crippen molar-refractivity contribution in [2.75, 3.05) is 105 Å². The molecule has 3 atom stereocenters. The van der Waals surface area contributed by atoms with Crippen LogP contribution >= 0.6 is 11.6 Å². The van der Waals surface area contributed by atoms with Gasteiger partial charge in [-0.25, -0.2) is 28.1 Å². The number of aliphatic carboxylic acids is 1. The molecular formula is C98H123ClF3N19O11Zn. The molecule has 0 radical (unpaired) electrons. The zero-order valence-electron chi connectivity index (χ0n) is 79.2. The van der Waals surface area contributed by atoms with Crippen molar-refractivity contribution >= 4 is 91.6 Å². The maximum atomic E-state index is 13.8. The molecule has 6 aromatic heterocycles. The minimum Gasteiger partial charge on any atom is -0.481 e. The number of imide groups is 2. The second-order valence-electron chi connectivity index (χ2n) is 34.5. The number of carbonyl (C=O) groups excluding carboxylic acids is 5. The molecule has 3 aliphatic heterocycles. The van der Waals surface area contributed by atoms with Gasteiger partial charge in [-0.1, -0.05) is 50.1 Å². The van der Waals surface area contributed by atoms with Gasteiger partial charge < -0.3 is 76.1 Å². The number of aliphatic hydroxyl groups excluding tert-OH is 1. The Morgan fingerprint density at radius 1 is 0.496 bits per heavy atom. The third-order valence-electron chi connectivity index (χ3n) is 22.2. The summed E-state index contributed by atoms with van der Waals surface area (Å²) in [6, 6.07) is 30.8. The van der Waals surface area contributed by atoms with Gasteiger partial charge in [0.25, 0.3) is 52.2 Å². The van der Waals surface area contributed by atoms with Crippen LogP contribution in [0, 0.1) is 38.2 Å². The number of likely N-dealkylation sites (N-methyl/N-ethyl adjacent to an activating group) is 3. The number of aromatic amines is 6. The van der Waals surface area contributed by atoms with E-state index in [0.29, 0.717) is 160 Å². The number of aryl methyl sites for hydroxylation is 3. The summed E-state index contributed by atoms with van der Waals surface area (Å²) in [6.07, 6.45) is 8.51. The number of pyridine rings is 3. The number of carbonyl (C=O) groups is 6. The van der Waals surface area contributed by atoms with Gasteiger partial charge in [0.1, 0.15) is 51.6 Å². The Kier molecular flexibility index (Phi) is 38.7. The Morgan fingerprint density at radius 3 is 1.18 bits per heavy atom. The Labute approximate surface area is 789 Å². The van der Waals surface area contributed by atoms with Crippen molar-refractivity contribution in [3.63, 3.8) is 0 Å². The molecule has 0 fully saturated rings. The van der Waals surface area contributed by atoms with Crippen LogP contribution in [0.25, 0.3) is 67.3 Å². The van der Waals surface area contributed by atoms with Crippen LogP contribution in [-0.4, -0.2) is 250 Å². The van der Waals surface area contributed by atoms with E-state index in [-0.39, 0.29) is 118 Å². The van der Waals surface area contributed by atoms with Crippen molar-refractivity contribution in [3.8, 4) is 34.2 Å². The molecule has 15 rings (SSSR count). The van der Waals surface area contributed by atoms with Gasteiger partial charge in [0.2, 0.25) is 0 Å². The first-order valence-electron chi connectivity index (χ1n) is 44.0. The molecule has 35 heteroatoms. The molecule has 5 amide bonds. The summed E-state index contributed by atoms with van der Waals surface area (Å²) >= 11 is 6.12. The molecule has 0 unspecified atom stereocenters. The number of hydrogen-bond donors (Lipinski definition) is 11. The first kappa shape index (κ1) is 106. The van der Waals surface area contributed by atoms with E-state index in [1.165, 1.54) is 40.3 Å². The molecule has 706 valence electrons. The number of aromatic nitrogens is 9. The van der Waals surface area contributed by atoms with Crippen LogP contribution in [0.15, 0.2) is 142 Å². The maximum absolute atomic E-state index is 13.8. The van der Waals surface area contributed by atoms with Crippen molar-refractivity contribution in [1.82, 2.24) is 79.2 Å². The van der Waals surface area contributed by atoms with Gasteiger partial charge in [-0.2, -0.15) is 0 Å². The number of benzene rings is 6. The van der Waals surface area contributed by atoms with Crippen molar-refractivity contribution < 1.29 is 71.6 Å². The monoisotopic (exact) mass is 1900 g/mol. The van der Waals surface area contributed by atoms with Crippen LogP contribution < -0.4 is 33.0 Å². The van der Waals surface area contributed by atoms with Crippen LogP contribution in [0.5, 0.6) is 0 Å².